The quantitative estimate of drug-likeness (QED) is 0.834. The van der Waals surface area contributed by atoms with E-state index in [1.54, 1.807) is 0 Å². The molecule has 0 bridgehead atoms. The molecule has 0 spiro atoms. The maximum absolute atomic E-state index is 12.8. The molecule has 0 radical (unpaired) electrons. The van der Waals surface area contributed by atoms with Crippen molar-refractivity contribution in [1.29, 1.82) is 0 Å². The van der Waals surface area contributed by atoms with E-state index in [0.717, 1.165) is 12.4 Å². The van der Waals surface area contributed by atoms with Crippen LogP contribution in [0.3, 0.4) is 0 Å². The van der Waals surface area contributed by atoms with E-state index in [1.165, 1.54) is 6.92 Å². The molecular formula is C9H10F2N2O3. The number of carboxylic acid groups (broad SMARTS) is 1. The lowest BCUT2D eigenvalue weighted by atomic mass is 10.3. The third kappa shape index (κ3) is 3.41. The average Bonchev–Trinajstić information content (AvgIpc) is 2.27. The van der Waals surface area contributed by atoms with Crippen LogP contribution < -0.4 is 4.74 Å². The van der Waals surface area contributed by atoms with E-state index in [1.807, 2.05) is 0 Å². The van der Waals surface area contributed by atoms with Gasteiger partial charge in [0.15, 0.2) is 12.3 Å². The van der Waals surface area contributed by atoms with Gasteiger partial charge in [0, 0.05) is 6.42 Å². The Morgan fingerprint density at radius 1 is 1.50 bits per heavy atom. The zero-order valence-corrected chi connectivity index (χ0v) is 8.48. The number of alkyl halides is 2. The minimum atomic E-state index is -2.92. The van der Waals surface area contributed by atoms with Gasteiger partial charge in [-0.25, -0.2) is 23.5 Å². The third-order valence-electron chi connectivity index (χ3n) is 1.80. The Kier molecular flexibility index (Phi) is 3.70. The summed E-state index contributed by atoms with van der Waals surface area (Å²) in [6.07, 6.45) is 1.60. The first-order valence-electron chi connectivity index (χ1n) is 4.50. The van der Waals surface area contributed by atoms with Crippen LogP contribution in [-0.4, -0.2) is 33.6 Å². The summed E-state index contributed by atoms with van der Waals surface area (Å²) in [6.45, 7) is 0.535. The second-order valence-electron chi connectivity index (χ2n) is 3.04. The second-order valence-corrected chi connectivity index (χ2v) is 3.04. The molecule has 0 aliphatic carbocycles. The van der Waals surface area contributed by atoms with Crippen LogP contribution >= 0.6 is 0 Å². The highest BCUT2D eigenvalue weighted by Crippen LogP contribution is 2.18. The Labute approximate surface area is 90.1 Å². The lowest BCUT2D eigenvalue weighted by Crippen LogP contribution is -2.24. The van der Waals surface area contributed by atoms with E-state index in [2.05, 4.69) is 14.7 Å². The van der Waals surface area contributed by atoms with E-state index in [0.29, 0.717) is 0 Å². The first-order valence-corrected chi connectivity index (χ1v) is 4.50. The number of nitrogens with zero attached hydrogens (tertiary/aromatic N) is 2. The normalized spacial score (nSPS) is 11.2. The molecule has 0 unspecified atom stereocenters. The minimum Gasteiger partial charge on any atom is -0.476 e. The van der Waals surface area contributed by atoms with Gasteiger partial charge in [-0.3, -0.25) is 0 Å². The highest BCUT2D eigenvalue weighted by Gasteiger charge is 2.27. The van der Waals surface area contributed by atoms with Crippen molar-refractivity contribution in [1.82, 2.24) is 9.97 Å². The third-order valence-corrected chi connectivity index (χ3v) is 1.80. The number of hydrogen-bond acceptors (Lipinski definition) is 4. The van der Waals surface area contributed by atoms with Crippen LogP contribution in [-0.2, 0) is 0 Å². The molecule has 1 rings (SSSR count). The maximum Gasteiger partial charge on any atom is 0.356 e. The van der Waals surface area contributed by atoms with Gasteiger partial charge in [-0.05, 0) is 0 Å². The van der Waals surface area contributed by atoms with Crippen LogP contribution in [0.2, 0.25) is 0 Å². The predicted molar refractivity (Wildman–Crippen MR) is 49.7 cm³/mol. The molecule has 1 aromatic heterocycles. The van der Waals surface area contributed by atoms with Crippen LogP contribution in [0.15, 0.2) is 12.4 Å². The largest absolute Gasteiger partial charge is 0.476 e. The Balaban J connectivity index is 2.59. The molecule has 0 saturated heterocycles. The van der Waals surface area contributed by atoms with Crippen LogP contribution in [0, 0.1) is 0 Å². The zero-order chi connectivity index (χ0) is 12.2. The predicted octanol–water partition coefficient (Wildman–Crippen LogP) is 1.60. The standard InChI is InChI=1S/C9H10F2N2O3/c1-2-9(10,11)5-16-7-4-12-6(3-13-7)8(14)15/h3-4H,2,5H2,1H3,(H,14,15). The van der Waals surface area contributed by atoms with Crippen molar-refractivity contribution in [3.05, 3.63) is 18.1 Å². The first kappa shape index (κ1) is 12.3. The number of halogens is 2. The number of hydrogen-bond donors (Lipinski definition) is 1. The molecule has 16 heavy (non-hydrogen) atoms. The number of ether oxygens (including phenoxy) is 1. The smallest absolute Gasteiger partial charge is 0.356 e. The number of aromatic nitrogens is 2. The molecule has 0 atom stereocenters. The van der Waals surface area contributed by atoms with Crippen LogP contribution in [0.5, 0.6) is 5.88 Å². The van der Waals surface area contributed by atoms with Crippen molar-refractivity contribution in [2.24, 2.45) is 0 Å². The zero-order valence-electron chi connectivity index (χ0n) is 8.48. The van der Waals surface area contributed by atoms with Crippen LogP contribution in [0.25, 0.3) is 0 Å². The summed E-state index contributed by atoms with van der Waals surface area (Å²) in [5.74, 6) is -4.29. The van der Waals surface area contributed by atoms with Crippen molar-refractivity contribution in [3.63, 3.8) is 0 Å². The van der Waals surface area contributed by atoms with Gasteiger partial charge in [-0.2, -0.15) is 0 Å². The molecule has 0 saturated carbocycles. The summed E-state index contributed by atoms with van der Waals surface area (Å²) < 4.78 is 30.2. The van der Waals surface area contributed by atoms with Crippen molar-refractivity contribution >= 4 is 5.97 Å². The Bertz CT molecular complexity index is 368. The van der Waals surface area contributed by atoms with Gasteiger partial charge in [0.25, 0.3) is 5.92 Å². The minimum absolute atomic E-state index is 0.127. The number of rotatable bonds is 5. The van der Waals surface area contributed by atoms with E-state index < -0.39 is 18.5 Å². The molecular weight excluding hydrogens is 222 g/mol. The SMILES string of the molecule is CCC(F)(F)COc1cnc(C(=O)O)cn1. The number of carbonyl (C=O) groups is 1. The molecule has 1 aromatic rings. The van der Waals surface area contributed by atoms with Crippen LogP contribution in [0.4, 0.5) is 8.78 Å². The summed E-state index contributed by atoms with van der Waals surface area (Å²) in [5.41, 5.74) is -0.269. The van der Waals surface area contributed by atoms with Gasteiger partial charge in [0.2, 0.25) is 5.88 Å². The average molecular weight is 232 g/mol. The van der Waals surface area contributed by atoms with Crippen molar-refractivity contribution in [2.45, 2.75) is 19.3 Å². The van der Waals surface area contributed by atoms with E-state index in [9.17, 15) is 13.6 Å². The molecule has 0 fully saturated rings. The van der Waals surface area contributed by atoms with Gasteiger partial charge in [0.05, 0.1) is 12.4 Å². The molecule has 0 amide bonds. The van der Waals surface area contributed by atoms with Gasteiger partial charge in [0.1, 0.15) is 0 Å². The number of aromatic carboxylic acids is 1. The summed E-state index contributed by atoms with van der Waals surface area (Å²) in [4.78, 5) is 17.4. The van der Waals surface area contributed by atoms with Crippen LogP contribution in [0.1, 0.15) is 23.8 Å². The molecule has 1 N–H and O–H groups in total. The molecule has 5 nitrogen and oxygen atoms in total. The summed E-state index contributed by atoms with van der Waals surface area (Å²) >= 11 is 0. The van der Waals surface area contributed by atoms with Crippen molar-refractivity contribution in [3.8, 4) is 5.88 Å². The Morgan fingerprint density at radius 2 is 2.19 bits per heavy atom. The topological polar surface area (TPSA) is 72.3 Å². The van der Waals surface area contributed by atoms with Crippen molar-refractivity contribution in [2.75, 3.05) is 6.61 Å². The molecule has 0 aromatic carbocycles. The van der Waals surface area contributed by atoms with E-state index in [4.69, 9.17) is 5.11 Å². The summed E-state index contributed by atoms with van der Waals surface area (Å²) in [6, 6.07) is 0. The lowest BCUT2D eigenvalue weighted by molar-refractivity contribution is -0.0448. The summed E-state index contributed by atoms with van der Waals surface area (Å²) in [7, 11) is 0. The Hall–Kier alpha value is -1.79. The molecule has 0 aliphatic rings. The van der Waals surface area contributed by atoms with Gasteiger partial charge < -0.3 is 9.84 Å². The monoisotopic (exact) mass is 232 g/mol. The fourth-order valence-electron chi connectivity index (χ4n) is 0.783. The highest BCUT2D eigenvalue weighted by molar-refractivity contribution is 5.84. The number of carboxylic acids is 1. The molecule has 7 heteroatoms. The maximum atomic E-state index is 12.8. The Morgan fingerprint density at radius 3 is 2.62 bits per heavy atom. The summed E-state index contributed by atoms with van der Waals surface area (Å²) in [5, 5.41) is 8.51. The molecule has 88 valence electrons. The molecule has 0 aliphatic heterocycles. The second kappa shape index (κ2) is 4.82. The fourth-order valence-corrected chi connectivity index (χ4v) is 0.783. The van der Waals surface area contributed by atoms with Gasteiger partial charge >= 0.3 is 5.97 Å². The van der Waals surface area contributed by atoms with Gasteiger partial charge in [-0.15, -0.1) is 0 Å². The van der Waals surface area contributed by atoms with E-state index in [-0.39, 0.29) is 18.0 Å². The molecule has 1 heterocycles. The lowest BCUT2D eigenvalue weighted by Gasteiger charge is -2.13. The fraction of sp³-hybridized carbons (Fsp3) is 0.444. The van der Waals surface area contributed by atoms with Crippen molar-refractivity contribution < 1.29 is 23.4 Å². The van der Waals surface area contributed by atoms with E-state index >= 15 is 0 Å². The first-order chi connectivity index (χ1) is 7.44. The van der Waals surface area contributed by atoms with Gasteiger partial charge in [-0.1, -0.05) is 6.92 Å². The highest BCUT2D eigenvalue weighted by atomic mass is 19.3.